The van der Waals surface area contributed by atoms with Crippen LogP contribution in [0.25, 0.3) is 0 Å². The summed E-state index contributed by atoms with van der Waals surface area (Å²) in [4.78, 5) is 43.2. The summed E-state index contributed by atoms with van der Waals surface area (Å²) in [6, 6.07) is 19.6. The molecule has 3 aromatic rings. The molecule has 2 aromatic carbocycles. The van der Waals surface area contributed by atoms with Crippen LogP contribution in [-0.2, 0) is 13.0 Å². The van der Waals surface area contributed by atoms with E-state index in [0.717, 1.165) is 12.0 Å². The van der Waals surface area contributed by atoms with E-state index >= 15 is 0 Å². The molecule has 1 aliphatic rings. The average molecular weight is 399 g/mol. The van der Waals surface area contributed by atoms with Crippen LogP contribution in [0.4, 0.5) is 5.69 Å². The van der Waals surface area contributed by atoms with Gasteiger partial charge in [0.2, 0.25) is 0 Å². The number of rotatable bonds is 4. The fourth-order valence-electron chi connectivity index (χ4n) is 3.52. The third-order valence-electron chi connectivity index (χ3n) is 5.15. The van der Waals surface area contributed by atoms with Crippen LogP contribution < -0.4 is 5.32 Å². The van der Waals surface area contributed by atoms with Crippen molar-refractivity contribution in [3.05, 3.63) is 94.8 Å². The fourth-order valence-corrected chi connectivity index (χ4v) is 3.52. The lowest BCUT2D eigenvalue weighted by atomic mass is 10.00. The second-order valence-corrected chi connectivity index (χ2v) is 7.24. The number of ketones is 1. The highest BCUT2D eigenvalue weighted by atomic mass is 16.2. The number of carbonyl (C=O) groups excluding carboxylic acids is 3. The van der Waals surface area contributed by atoms with Gasteiger partial charge in [0.05, 0.1) is 0 Å². The lowest BCUT2D eigenvalue weighted by Gasteiger charge is -2.28. The van der Waals surface area contributed by atoms with Crippen LogP contribution in [0.3, 0.4) is 0 Å². The van der Waals surface area contributed by atoms with Crippen molar-refractivity contribution in [3.63, 3.8) is 0 Å². The first kappa shape index (κ1) is 19.5. The van der Waals surface area contributed by atoms with Crippen LogP contribution >= 0.6 is 0 Å². The zero-order valence-electron chi connectivity index (χ0n) is 16.6. The fraction of sp³-hybridized carbons (Fsp3) is 0.167. The van der Waals surface area contributed by atoms with E-state index in [9.17, 15) is 14.4 Å². The van der Waals surface area contributed by atoms with Crippen molar-refractivity contribution in [3.8, 4) is 0 Å². The zero-order valence-corrected chi connectivity index (χ0v) is 16.6. The summed E-state index contributed by atoms with van der Waals surface area (Å²) >= 11 is 0. The number of amides is 2. The largest absolute Gasteiger partial charge is 0.333 e. The number of Topliss-reactive ketones (excluding diaryl/α,β-unsaturated/α-hetero) is 1. The van der Waals surface area contributed by atoms with Gasteiger partial charge in [-0.2, -0.15) is 0 Å². The quantitative estimate of drug-likeness (QED) is 0.678. The number of nitrogens with zero attached hydrogens (tertiary/aromatic N) is 2. The molecule has 4 rings (SSSR count). The minimum atomic E-state index is -0.436. The minimum Gasteiger partial charge on any atom is -0.333 e. The minimum absolute atomic E-state index is 0.0834. The van der Waals surface area contributed by atoms with Crippen molar-refractivity contribution in [1.82, 2.24) is 9.88 Å². The summed E-state index contributed by atoms with van der Waals surface area (Å²) < 4.78 is 0. The van der Waals surface area contributed by atoms with Crippen molar-refractivity contribution in [1.29, 1.82) is 0 Å². The first-order valence-electron chi connectivity index (χ1n) is 9.77. The van der Waals surface area contributed by atoms with Gasteiger partial charge >= 0.3 is 0 Å². The summed E-state index contributed by atoms with van der Waals surface area (Å²) in [5.74, 6) is -0.716. The maximum Gasteiger partial charge on any atom is 0.274 e. The summed E-state index contributed by atoms with van der Waals surface area (Å²) in [6.45, 7) is 2.62. The topological polar surface area (TPSA) is 79.4 Å². The maximum absolute atomic E-state index is 13.0. The van der Waals surface area contributed by atoms with Gasteiger partial charge in [-0.15, -0.1) is 0 Å². The maximum atomic E-state index is 13.0. The molecule has 0 saturated heterocycles. The SMILES string of the molecule is CC(=O)c1cccc(NC(=O)c2cccc(C(=O)N3CCc4ccccc4C3)n2)c1. The number of pyridine rings is 1. The molecule has 0 bridgehead atoms. The lowest BCUT2D eigenvalue weighted by molar-refractivity contribution is 0.0728. The summed E-state index contributed by atoms with van der Waals surface area (Å²) in [5.41, 5.74) is 3.78. The normalized spacial score (nSPS) is 12.8. The van der Waals surface area contributed by atoms with Gasteiger partial charge < -0.3 is 10.2 Å². The molecule has 1 aromatic heterocycles. The molecule has 30 heavy (non-hydrogen) atoms. The number of anilines is 1. The van der Waals surface area contributed by atoms with Crippen LogP contribution in [0.1, 0.15) is 49.4 Å². The predicted octanol–water partition coefficient (Wildman–Crippen LogP) is 3.74. The van der Waals surface area contributed by atoms with Crippen molar-refractivity contribution in [2.75, 3.05) is 11.9 Å². The average Bonchev–Trinajstić information content (AvgIpc) is 2.78. The Balaban J connectivity index is 1.50. The Hall–Kier alpha value is -3.80. The Morgan fingerprint density at radius 1 is 0.900 bits per heavy atom. The van der Waals surface area contributed by atoms with Gasteiger partial charge in [-0.1, -0.05) is 42.5 Å². The smallest absolute Gasteiger partial charge is 0.274 e. The van der Waals surface area contributed by atoms with Crippen molar-refractivity contribution < 1.29 is 14.4 Å². The molecule has 1 N–H and O–H groups in total. The van der Waals surface area contributed by atoms with Gasteiger partial charge in [0.25, 0.3) is 11.8 Å². The van der Waals surface area contributed by atoms with Gasteiger partial charge in [0.15, 0.2) is 5.78 Å². The van der Waals surface area contributed by atoms with E-state index in [1.54, 1.807) is 47.4 Å². The summed E-state index contributed by atoms with van der Waals surface area (Å²) in [7, 11) is 0. The van der Waals surface area contributed by atoms with Crippen LogP contribution in [0.15, 0.2) is 66.7 Å². The molecular formula is C24H21N3O3. The van der Waals surface area contributed by atoms with Gasteiger partial charge in [0.1, 0.15) is 11.4 Å². The van der Waals surface area contributed by atoms with Crippen molar-refractivity contribution >= 4 is 23.3 Å². The Kier molecular flexibility index (Phi) is 5.39. The number of nitrogens with one attached hydrogen (secondary N) is 1. The molecule has 0 atom stereocenters. The third kappa shape index (κ3) is 4.12. The molecule has 0 spiro atoms. The number of aromatic nitrogens is 1. The van der Waals surface area contributed by atoms with E-state index < -0.39 is 5.91 Å². The highest BCUT2D eigenvalue weighted by molar-refractivity contribution is 6.04. The number of carbonyl (C=O) groups is 3. The lowest BCUT2D eigenvalue weighted by Crippen LogP contribution is -2.36. The summed E-state index contributed by atoms with van der Waals surface area (Å²) in [5, 5.41) is 2.73. The van der Waals surface area contributed by atoms with E-state index in [2.05, 4.69) is 16.4 Å². The van der Waals surface area contributed by atoms with E-state index in [1.165, 1.54) is 12.5 Å². The summed E-state index contributed by atoms with van der Waals surface area (Å²) in [6.07, 6.45) is 0.800. The van der Waals surface area contributed by atoms with Crippen LogP contribution in [0.5, 0.6) is 0 Å². The standard InChI is InChI=1S/C24H21N3O3/c1-16(28)18-8-4-9-20(14-18)25-23(29)21-10-5-11-22(26-21)24(30)27-13-12-17-6-2-3-7-19(17)15-27/h2-11,14H,12-13,15H2,1H3,(H,25,29). The van der Waals surface area contributed by atoms with Gasteiger partial charge in [-0.05, 0) is 48.7 Å². The Morgan fingerprint density at radius 3 is 2.43 bits per heavy atom. The number of hydrogen-bond acceptors (Lipinski definition) is 4. The molecule has 150 valence electrons. The first-order valence-corrected chi connectivity index (χ1v) is 9.77. The molecular weight excluding hydrogens is 378 g/mol. The Bertz CT molecular complexity index is 1140. The van der Waals surface area contributed by atoms with Gasteiger partial charge in [-0.3, -0.25) is 14.4 Å². The monoisotopic (exact) mass is 399 g/mol. The van der Waals surface area contributed by atoms with Crippen LogP contribution in [-0.4, -0.2) is 34.0 Å². The highest BCUT2D eigenvalue weighted by Crippen LogP contribution is 2.20. The Labute approximate surface area is 174 Å². The molecule has 2 amide bonds. The molecule has 1 aliphatic heterocycles. The van der Waals surface area contributed by atoms with Crippen LogP contribution in [0.2, 0.25) is 0 Å². The van der Waals surface area contributed by atoms with E-state index in [4.69, 9.17) is 0 Å². The highest BCUT2D eigenvalue weighted by Gasteiger charge is 2.23. The second kappa shape index (κ2) is 8.29. The number of benzene rings is 2. The first-order chi connectivity index (χ1) is 14.5. The molecule has 0 unspecified atom stereocenters. The molecule has 6 heteroatoms. The number of hydrogen-bond donors (Lipinski definition) is 1. The van der Waals surface area contributed by atoms with Gasteiger partial charge in [0, 0.05) is 24.3 Å². The van der Waals surface area contributed by atoms with Crippen LogP contribution in [0, 0.1) is 0 Å². The van der Waals surface area contributed by atoms with Crippen molar-refractivity contribution in [2.24, 2.45) is 0 Å². The van der Waals surface area contributed by atoms with E-state index in [-0.39, 0.29) is 23.1 Å². The van der Waals surface area contributed by atoms with E-state index in [0.29, 0.717) is 24.3 Å². The second-order valence-electron chi connectivity index (χ2n) is 7.24. The molecule has 2 heterocycles. The molecule has 0 aliphatic carbocycles. The zero-order chi connectivity index (χ0) is 21.1. The third-order valence-corrected chi connectivity index (χ3v) is 5.15. The van der Waals surface area contributed by atoms with Gasteiger partial charge in [-0.25, -0.2) is 4.98 Å². The molecule has 6 nitrogen and oxygen atoms in total. The number of fused-ring (bicyclic) bond motifs is 1. The molecule has 0 radical (unpaired) electrons. The van der Waals surface area contributed by atoms with Crippen molar-refractivity contribution in [2.45, 2.75) is 19.9 Å². The van der Waals surface area contributed by atoms with E-state index in [1.807, 2.05) is 18.2 Å². The Morgan fingerprint density at radius 2 is 1.63 bits per heavy atom. The predicted molar refractivity (Wildman–Crippen MR) is 114 cm³/mol. The molecule has 0 fully saturated rings. The molecule has 0 saturated carbocycles.